The van der Waals surface area contributed by atoms with Crippen LogP contribution in [0.4, 0.5) is 0 Å². The fourth-order valence-corrected chi connectivity index (χ4v) is 22.1. The van der Waals surface area contributed by atoms with Crippen LogP contribution in [-0.2, 0) is 0 Å². The van der Waals surface area contributed by atoms with Crippen LogP contribution in [0.5, 0.6) is 0 Å². The zero-order valence-corrected chi connectivity index (χ0v) is 16.0. The van der Waals surface area contributed by atoms with Crippen molar-refractivity contribution in [1.82, 2.24) is 0 Å². The molecule has 0 radical (unpaired) electrons. The van der Waals surface area contributed by atoms with Crippen molar-refractivity contribution < 1.29 is 0 Å². The van der Waals surface area contributed by atoms with Crippen molar-refractivity contribution in [1.29, 1.82) is 0 Å². The second-order valence-corrected chi connectivity index (χ2v) is 16.7. The van der Waals surface area contributed by atoms with Crippen LogP contribution in [0, 0.1) is 0 Å². The third-order valence-corrected chi connectivity index (χ3v) is 19.3. The van der Waals surface area contributed by atoms with Crippen molar-refractivity contribution >= 4 is 98.6 Å². The van der Waals surface area contributed by atoms with E-state index >= 15 is 0 Å². The molecule has 8 heteroatoms. The van der Waals surface area contributed by atoms with E-state index in [0.717, 1.165) is 0 Å². The van der Waals surface area contributed by atoms with Gasteiger partial charge in [0.15, 0.2) is 0 Å². The normalized spacial score (nSPS) is 36.0. The average molecular weight is 389 g/mol. The minimum Gasteiger partial charge on any atom is -0.117 e. The molecular formula is C10H12S8. The molecule has 4 aliphatic heterocycles. The molecule has 0 bridgehead atoms. The Labute approximate surface area is 139 Å². The number of hydrogen-bond donors (Lipinski definition) is 0. The first-order valence-electron chi connectivity index (χ1n) is 5.60. The summed E-state index contributed by atoms with van der Waals surface area (Å²) in [5.41, 5.74) is 0. The second kappa shape index (κ2) is 6.18. The summed E-state index contributed by atoms with van der Waals surface area (Å²) in [6.07, 6.45) is 0. The summed E-state index contributed by atoms with van der Waals surface area (Å²) in [6, 6.07) is 0. The van der Waals surface area contributed by atoms with Crippen LogP contribution in [0.1, 0.15) is 0 Å². The lowest BCUT2D eigenvalue weighted by molar-refractivity contribution is 1.59. The molecule has 100 valence electrons. The van der Waals surface area contributed by atoms with Crippen molar-refractivity contribution in [2.45, 2.75) is 0 Å². The van der Waals surface area contributed by atoms with E-state index in [4.69, 9.17) is 0 Å². The topological polar surface area (TPSA) is 0 Å². The molecule has 0 saturated carbocycles. The summed E-state index contributed by atoms with van der Waals surface area (Å²) in [5.74, 6) is 5.38. The number of thioether (sulfide) groups is 6. The lowest BCUT2D eigenvalue weighted by atomic mass is 11.0. The predicted molar refractivity (Wildman–Crippen MR) is 107 cm³/mol. The van der Waals surface area contributed by atoms with Gasteiger partial charge >= 0.3 is 0 Å². The summed E-state index contributed by atoms with van der Waals surface area (Å²) in [4.78, 5) is 0. The van der Waals surface area contributed by atoms with Gasteiger partial charge in [-0.2, -0.15) is 0 Å². The Bertz CT molecular complexity index is 430. The summed E-state index contributed by atoms with van der Waals surface area (Å²) in [6.45, 7) is 0. The largest absolute Gasteiger partial charge is 0.117 e. The van der Waals surface area contributed by atoms with Crippen molar-refractivity contribution in [3.63, 3.8) is 0 Å². The highest BCUT2D eigenvalue weighted by Gasteiger charge is 2.34. The molecule has 4 aliphatic rings. The molecule has 18 heavy (non-hydrogen) atoms. The maximum Gasteiger partial charge on any atom is 0.0699 e. The first-order valence-corrected chi connectivity index (χ1v) is 14.3. The van der Waals surface area contributed by atoms with Crippen LogP contribution in [0.2, 0.25) is 0 Å². The maximum atomic E-state index is 2.15. The molecule has 2 saturated heterocycles. The second-order valence-electron chi connectivity index (χ2n) is 3.77. The fraction of sp³-hybridized carbons (Fsp3) is 0.600. The first-order chi connectivity index (χ1) is 8.93. The third kappa shape index (κ3) is 2.55. The van der Waals surface area contributed by atoms with Crippen molar-refractivity contribution in [2.75, 3.05) is 33.2 Å². The Morgan fingerprint density at radius 2 is 1.06 bits per heavy atom. The molecule has 2 atom stereocenters. The molecule has 0 aromatic carbocycles. The van der Waals surface area contributed by atoms with Crippen LogP contribution in [0.15, 0.2) is 8.47 Å². The Hall–Kier alpha value is 2.28. The Morgan fingerprint density at radius 3 is 1.50 bits per heavy atom. The van der Waals surface area contributed by atoms with Gasteiger partial charge in [-0.15, -0.1) is 91.5 Å². The Balaban J connectivity index is 1.78. The van der Waals surface area contributed by atoms with E-state index in [2.05, 4.69) is 70.6 Å². The van der Waals surface area contributed by atoms with Gasteiger partial charge < -0.3 is 0 Å². The van der Waals surface area contributed by atoms with Crippen LogP contribution in [0.25, 0.3) is 0 Å². The first kappa shape index (κ1) is 13.9. The van der Waals surface area contributed by atoms with E-state index in [1.807, 2.05) is 0 Å². The van der Waals surface area contributed by atoms with Crippen LogP contribution >= 0.6 is 91.5 Å². The van der Waals surface area contributed by atoms with Gasteiger partial charge in [0.25, 0.3) is 0 Å². The zero-order chi connectivity index (χ0) is 11.9. The highest BCUT2D eigenvalue weighted by molar-refractivity contribution is 8.66. The molecule has 2 fully saturated rings. The summed E-state index contributed by atoms with van der Waals surface area (Å²) < 4.78 is 7.11. The van der Waals surface area contributed by atoms with Gasteiger partial charge in [0.2, 0.25) is 0 Å². The SMILES string of the molecule is C1SC2=C(S1)S(=C1SCCS1)CS2=C1SCCS1. The van der Waals surface area contributed by atoms with E-state index < -0.39 is 0 Å². The molecule has 0 aromatic heterocycles. The highest BCUT2D eigenvalue weighted by Crippen LogP contribution is 2.66. The Morgan fingerprint density at radius 1 is 0.611 bits per heavy atom. The number of hydrogen-bond acceptors (Lipinski definition) is 6. The molecule has 2 unspecified atom stereocenters. The molecule has 4 rings (SSSR count). The quantitative estimate of drug-likeness (QED) is 0.520. The number of rotatable bonds is 0. The van der Waals surface area contributed by atoms with Gasteiger partial charge in [0.05, 0.1) is 15.5 Å². The minimum atomic E-state index is 0.495. The van der Waals surface area contributed by atoms with E-state index in [0.29, 0.717) is 21.0 Å². The molecule has 0 aliphatic carbocycles. The average Bonchev–Trinajstić information content (AvgIpc) is 3.14. The standard InChI is InChI=1S/C10H12S8/c1-2-12-9(11-1)17-6-18(10-13-3-4-14-10)8-7(17)15-5-16-8/h1-6H2. The van der Waals surface area contributed by atoms with E-state index in [1.165, 1.54) is 33.2 Å². The van der Waals surface area contributed by atoms with Crippen molar-refractivity contribution in [2.24, 2.45) is 0 Å². The highest BCUT2D eigenvalue weighted by atomic mass is 32.3. The predicted octanol–water partition coefficient (Wildman–Crippen LogP) is 5.19. The lowest BCUT2D eigenvalue weighted by Gasteiger charge is -2.09. The third-order valence-electron chi connectivity index (χ3n) is 2.68. The smallest absolute Gasteiger partial charge is 0.0699 e. The monoisotopic (exact) mass is 388 g/mol. The van der Waals surface area contributed by atoms with E-state index in [9.17, 15) is 0 Å². The van der Waals surface area contributed by atoms with Gasteiger partial charge in [-0.1, -0.05) is 0 Å². The fourth-order valence-electron chi connectivity index (χ4n) is 1.94. The van der Waals surface area contributed by atoms with Gasteiger partial charge in [-0.25, -0.2) is 0 Å². The Kier molecular flexibility index (Phi) is 4.78. The van der Waals surface area contributed by atoms with Crippen molar-refractivity contribution in [3.05, 3.63) is 8.47 Å². The maximum absolute atomic E-state index is 2.15. The zero-order valence-electron chi connectivity index (χ0n) is 9.51. The molecular weight excluding hydrogens is 377 g/mol. The molecule has 4 heterocycles. The molecule has 0 aromatic rings. The van der Waals surface area contributed by atoms with E-state index in [1.54, 1.807) is 15.5 Å². The molecule has 0 amide bonds. The summed E-state index contributed by atoms with van der Waals surface area (Å²) in [7, 11) is 0.990. The summed E-state index contributed by atoms with van der Waals surface area (Å²) in [5, 5.41) is 2.72. The van der Waals surface area contributed by atoms with Gasteiger partial charge in [0.1, 0.15) is 0 Å². The molecule has 0 nitrogen and oxygen atoms in total. The minimum absolute atomic E-state index is 0.495. The molecule has 0 N–H and O–H groups in total. The van der Waals surface area contributed by atoms with Crippen LogP contribution in [0.3, 0.4) is 0 Å². The summed E-state index contributed by atoms with van der Waals surface area (Å²) >= 11 is 12.9. The van der Waals surface area contributed by atoms with Gasteiger partial charge in [0, 0.05) is 33.2 Å². The van der Waals surface area contributed by atoms with Gasteiger partial charge in [-0.05, 0) is 0 Å². The van der Waals surface area contributed by atoms with Crippen molar-refractivity contribution in [3.8, 4) is 0 Å². The van der Waals surface area contributed by atoms with E-state index in [-0.39, 0.29) is 0 Å². The van der Waals surface area contributed by atoms with Gasteiger partial charge in [-0.3, -0.25) is 0 Å². The lowest BCUT2D eigenvalue weighted by Crippen LogP contribution is -1.86. The molecule has 0 spiro atoms. The van der Waals surface area contributed by atoms with Crippen LogP contribution < -0.4 is 0 Å². The van der Waals surface area contributed by atoms with Crippen LogP contribution in [-0.4, -0.2) is 40.2 Å².